The lowest BCUT2D eigenvalue weighted by Gasteiger charge is -2.47. The van der Waals surface area contributed by atoms with Gasteiger partial charge in [0.15, 0.2) is 0 Å². The Morgan fingerprint density at radius 1 is 1.13 bits per heavy atom. The summed E-state index contributed by atoms with van der Waals surface area (Å²) >= 11 is 3.53. The van der Waals surface area contributed by atoms with Crippen LogP contribution in [0.3, 0.4) is 0 Å². The Labute approximate surface area is 104 Å². The normalized spacial score (nSPS) is 25.8. The van der Waals surface area contributed by atoms with Gasteiger partial charge < -0.3 is 4.90 Å². The van der Waals surface area contributed by atoms with Crippen LogP contribution in [-0.2, 0) is 0 Å². The zero-order valence-electron chi connectivity index (χ0n) is 10.9. The minimum atomic E-state index is 0.507. The zero-order chi connectivity index (χ0) is 11.7. The fourth-order valence-electron chi connectivity index (χ4n) is 3.42. The van der Waals surface area contributed by atoms with Crippen LogP contribution in [0.1, 0.15) is 47.0 Å². The number of nitrogens with zero attached hydrogens (tertiary/aromatic N) is 1. The van der Waals surface area contributed by atoms with Gasteiger partial charge in [0, 0.05) is 17.9 Å². The Bertz CT molecular complexity index is 195. The second kappa shape index (κ2) is 4.75. The highest BCUT2D eigenvalue weighted by Gasteiger charge is 2.39. The maximum Gasteiger partial charge on any atom is 0.0159 e. The molecule has 0 aromatic heterocycles. The van der Waals surface area contributed by atoms with Gasteiger partial charge in [-0.2, -0.15) is 0 Å². The number of rotatable bonds is 3. The minimum absolute atomic E-state index is 0.507. The van der Waals surface area contributed by atoms with Gasteiger partial charge in [-0.1, -0.05) is 43.6 Å². The second-order valence-corrected chi connectivity index (χ2v) is 7.53. The molecule has 0 radical (unpaired) electrons. The molecule has 0 bridgehead atoms. The third-order valence-electron chi connectivity index (χ3n) is 3.59. The molecule has 0 aromatic rings. The third kappa shape index (κ3) is 4.07. The van der Waals surface area contributed by atoms with E-state index < -0.39 is 0 Å². The van der Waals surface area contributed by atoms with E-state index in [1.165, 1.54) is 19.3 Å². The lowest BCUT2D eigenvalue weighted by Crippen LogP contribution is -2.45. The van der Waals surface area contributed by atoms with Gasteiger partial charge in [-0.3, -0.25) is 0 Å². The standard InChI is InChI=1S/C13H26BrN/c1-12(2)8-11(15(5)7-6-14)9-13(3,4)10-12/h11H,6-10H2,1-5H3. The van der Waals surface area contributed by atoms with Crippen molar-refractivity contribution in [2.75, 3.05) is 18.9 Å². The van der Waals surface area contributed by atoms with Crippen LogP contribution < -0.4 is 0 Å². The summed E-state index contributed by atoms with van der Waals surface area (Å²) in [5.41, 5.74) is 1.01. The summed E-state index contributed by atoms with van der Waals surface area (Å²) in [6.07, 6.45) is 4.05. The van der Waals surface area contributed by atoms with Crippen LogP contribution in [0.4, 0.5) is 0 Å². The first kappa shape index (κ1) is 13.5. The van der Waals surface area contributed by atoms with Crippen molar-refractivity contribution in [2.45, 2.75) is 53.0 Å². The summed E-state index contributed by atoms with van der Waals surface area (Å²) in [4.78, 5) is 2.53. The monoisotopic (exact) mass is 275 g/mol. The van der Waals surface area contributed by atoms with Crippen molar-refractivity contribution in [3.8, 4) is 0 Å². The van der Waals surface area contributed by atoms with Gasteiger partial charge in [-0.25, -0.2) is 0 Å². The summed E-state index contributed by atoms with van der Waals surface area (Å²) < 4.78 is 0. The Balaban J connectivity index is 2.66. The molecule has 0 heterocycles. The number of halogens is 1. The summed E-state index contributed by atoms with van der Waals surface area (Å²) in [5, 5.41) is 1.08. The van der Waals surface area contributed by atoms with Crippen molar-refractivity contribution in [2.24, 2.45) is 10.8 Å². The van der Waals surface area contributed by atoms with E-state index in [1.54, 1.807) is 0 Å². The quantitative estimate of drug-likeness (QED) is 0.706. The Hall–Kier alpha value is 0.440. The molecule has 0 N–H and O–H groups in total. The van der Waals surface area contributed by atoms with Gasteiger partial charge in [0.25, 0.3) is 0 Å². The van der Waals surface area contributed by atoms with Crippen molar-refractivity contribution in [3.63, 3.8) is 0 Å². The van der Waals surface area contributed by atoms with E-state index in [0.717, 1.165) is 17.9 Å². The highest BCUT2D eigenvalue weighted by atomic mass is 79.9. The van der Waals surface area contributed by atoms with Crippen LogP contribution >= 0.6 is 15.9 Å². The molecule has 0 amide bonds. The number of hydrogen-bond donors (Lipinski definition) is 0. The largest absolute Gasteiger partial charge is 0.303 e. The Morgan fingerprint density at radius 3 is 2.00 bits per heavy atom. The second-order valence-electron chi connectivity index (χ2n) is 6.74. The lowest BCUT2D eigenvalue weighted by atomic mass is 9.63. The van der Waals surface area contributed by atoms with Crippen LogP contribution in [0.15, 0.2) is 0 Å². The molecule has 0 unspecified atom stereocenters. The smallest absolute Gasteiger partial charge is 0.0159 e. The fourth-order valence-corrected chi connectivity index (χ4v) is 3.97. The van der Waals surface area contributed by atoms with E-state index in [-0.39, 0.29) is 0 Å². The third-order valence-corrected chi connectivity index (χ3v) is 3.95. The summed E-state index contributed by atoms with van der Waals surface area (Å²) in [7, 11) is 2.27. The molecule has 2 heteroatoms. The first-order chi connectivity index (χ1) is 6.76. The average molecular weight is 276 g/mol. The molecule has 1 fully saturated rings. The van der Waals surface area contributed by atoms with E-state index in [9.17, 15) is 0 Å². The van der Waals surface area contributed by atoms with Crippen molar-refractivity contribution >= 4 is 15.9 Å². The van der Waals surface area contributed by atoms with Crippen molar-refractivity contribution in [1.29, 1.82) is 0 Å². The maximum atomic E-state index is 3.53. The molecule has 0 aromatic carbocycles. The molecule has 15 heavy (non-hydrogen) atoms. The molecule has 0 spiro atoms. The molecule has 1 saturated carbocycles. The van der Waals surface area contributed by atoms with E-state index in [1.807, 2.05) is 0 Å². The minimum Gasteiger partial charge on any atom is -0.303 e. The van der Waals surface area contributed by atoms with E-state index in [4.69, 9.17) is 0 Å². The van der Waals surface area contributed by atoms with E-state index in [0.29, 0.717) is 10.8 Å². The number of alkyl halides is 1. The van der Waals surface area contributed by atoms with Crippen molar-refractivity contribution in [3.05, 3.63) is 0 Å². The highest BCUT2D eigenvalue weighted by Crippen LogP contribution is 2.46. The van der Waals surface area contributed by atoms with Gasteiger partial charge in [-0.15, -0.1) is 0 Å². The van der Waals surface area contributed by atoms with Crippen LogP contribution in [0.5, 0.6) is 0 Å². The van der Waals surface area contributed by atoms with Crippen LogP contribution in [0.25, 0.3) is 0 Å². The predicted octanol–water partition coefficient (Wildman–Crippen LogP) is 3.92. The first-order valence-corrected chi connectivity index (χ1v) is 7.14. The van der Waals surface area contributed by atoms with Gasteiger partial charge in [0.1, 0.15) is 0 Å². The van der Waals surface area contributed by atoms with Crippen LogP contribution in [0, 0.1) is 10.8 Å². The summed E-state index contributed by atoms with van der Waals surface area (Å²) in [5.74, 6) is 0. The van der Waals surface area contributed by atoms with Crippen LogP contribution in [-0.4, -0.2) is 29.9 Å². The molecule has 1 aliphatic rings. The molecular formula is C13H26BrN. The lowest BCUT2D eigenvalue weighted by molar-refractivity contribution is 0.0381. The van der Waals surface area contributed by atoms with Gasteiger partial charge in [0.05, 0.1) is 0 Å². The molecule has 1 nitrogen and oxygen atoms in total. The molecular weight excluding hydrogens is 250 g/mol. The van der Waals surface area contributed by atoms with Crippen LogP contribution in [0.2, 0.25) is 0 Å². The van der Waals surface area contributed by atoms with E-state index >= 15 is 0 Å². The molecule has 0 atom stereocenters. The number of hydrogen-bond acceptors (Lipinski definition) is 1. The molecule has 0 aliphatic heterocycles. The molecule has 1 rings (SSSR count). The fraction of sp³-hybridized carbons (Fsp3) is 1.00. The van der Waals surface area contributed by atoms with Crippen molar-refractivity contribution < 1.29 is 0 Å². The molecule has 1 aliphatic carbocycles. The van der Waals surface area contributed by atoms with Gasteiger partial charge in [0.2, 0.25) is 0 Å². The summed E-state index contributed by atoms with van der Waals surface area (Å²) in [6.45, 7) is 10.8. The highest BCUT2D eigenvalue weighted by molar-refractivity contribution is 9.09. The Kier molecular flexibility index (Phi) is 4.27. The van der Waals surface area contributed by atoms with Gasteiger partial charge >= 0.3 is 0 Å². The van der Waals surface area contributed by atoms with Crippen molar-refractivity contribution in [1.82, 2.24) is 4.90 Å². The molecule has 90 valence electrons. The topological polar surface area (TPSA) is 3.24 Å². The first-order valence-electron chi connectivity index (χ1n) is 6.02. The van der Waals surface area contributed by atoms with E-state index in [2.05, 4.69) is 55.6 Å². The molecule has 0 saturated heterocycles. The Morgan fingerprint density at radius 2 is 1.60 bits per heavy atom. The average Bonchev–Trinajstić information content (AvgIpc) is 1.98. The SMILES string of the molecule is CN(CCBr)C1CC(C)(C)CC(C)(C)C1. The predicted molar refractivity (Wildman–Crippen MR) is 71.6 cm³/mol. The summed E-state index contributed by atoms with van der Waals surface area (Å²) in [6, 6.07) is 0.765. The maximum absolute atomic E-state index is 3.53. The zero-order valence-corrected chi connectivity index (χ0v) is 12.5. The van der Waals surface area contributed by atoms with Gasteiger partial charge in [-0.05, 0) is 37.1 Å².